The van der Waals surface area contributed by atoms with Crippen molar-refractivity contribution in [2.24, 2.45) is 5.92 Å². The fourth-order valence-corrected chi connectivity index (χ4v) is 2.29. The zero-order valence-electron chi connectivity index (χ0n) is 9.50. The second kappa shape index (κ2) is 5.07. The number of rotatable bonds is 4. The van der Waals surface area contributed by atoms with Crippen LogP contribution in [0.15, 0.2) is 12.1 Å². The molecule has 1 heterocycles. The Labute approximate surface area is 101 Å². The van der Waals surface area contributed by atoms with Crippen molar-refractivity contribution in [2.75, 3.05) is 13.2 Å². The highest BCUT2D eigenvalue weighted by Crippen LogP contribution is 2.33. The summed E-state index contributed by atoms with van der Waals surface area (Å²) >= 11 is 6.07. The molecule has 3 heteroatoms. The van der Waals surface area contributed by atoms with Crippen LogP contribution in [0.2, 0.25) is 5.02 Å². The number of hydrogen-bond donors (Lipinski definition) is 1. The number of ether oxygens (including phenoxy) is 1. The molecular formula is C13H17ClO2. The predicted octanol–water partition coefficient (Wildman–Crippen LogP) is 2.84. The van der Waals surface area contributed by atoms with E-state index in [2.05, 4.69) is 0 Å². The lowest BCUT2D eigenvalue weighted by Gasteiger charge is -2.11. The van der Waals surface area contributed by atoms with Crippen LogP contribution in [0.5, 0.6) is 5.75 Å². The SMILES string of the molecule is CC(CO)CCc1cc(Cl)cc2c1OCC2. The molecule has 0 spiro atoms. The highest BCUT2D eigenvalue weighted by Gasteiger charge is 2.17. The largest absolute Gasteiger partial charge is 0.493 e. The molecule has 0 bridgehead atoms. The molecule has 1 aromatic carbocycles. The average Bonchev–Trinajstić information content (AvgIpc) is 2.73. The lowest BCUT2D eigenvalue weighted by atomic mass is 9.99. The molecule has 0 saturated carbocycles. The van der Waals surface area contributed by atoms with Gasteiger partial charge < -0.3 is 9.84 Å². The summed E-state index contributed by atoms with van der Waals surface area (Å²) < 4.78 is 5.63. The molecule has 2 nitrogen and oxygen atoms in total. The number of aliphatic hydroxyl groups excluding tert-OH is 1. The van der Waals surface area contributed by atoms with Gasteiger partial charge in [-0.3, -0.25) is 0 Å². The van der Waals surface area contributed by atoms with Crippen molar-refractivity contribution in [3.05, 3.63) is 28.3 Å². The van der Waals surface area contributed by atoms with Gasteiger partial charge in [-0.2, -0.15) is 0 Å². The Balaban J connectivity index is 2.14. The first kappa shape index (κ1) is 11.7. The molecule has 1 atom stereocenters. The molecule has 1 aromatic rings. The van der Waals surface area contributed by atoms with Crippen LogP contribution < -0.4 is 4.74 Å². The maximum absolute atomic E-state index is 9.00. The third-order valence-corrected chi connectivity index (χ3v) is 3.26. The van der Waals surface area contributed by atoms with Crippen molar-refractivity contribution in [2.45, 2.75) is 26.2 Å². The van der Waals surface area contributed by atoms with Gasteiger partial charge in [0.25, 0.3) is 0 Å². The fraction of sp³-hybridized carbons (Fsp3) is 0.538. The van der Waals surface area contributed by atoms with E-state index < -0.39 is 0 Å². The summed E-state index contributed by atoms with van der Waals surface area (Å²) in [6.07, 6.45) is 2.84. The second-order valence-corrected chi connectivity index (χ2v) is 4.91. The molecule has 1 aliphatic heterocycles. The van der Waals surface area contributed by atoms with Crippen LogP contribution in [0.4, 0.5) is 0 Å². The van der Waals surface area contributed by atoms with Crippen LogP contribution >= 0.6 is 11.6 Å². The van der Waals surface area contributed by atoms with Gasteiger partial charge in [0.05, 0.1) is 6.61 Å². The summed E-state index contributed by atoms with van der Waals surface area (Å²) in [5.74, 6) is 1.35. The van der Waals surface area contributed by atoms with Crippen molar-refractivity contribution in [3.8, 4) is 5.75 Å². The molecule has 0 saturated heterocycles. The minimum Gasteiger partial charge on any atom is -0.493 e. The normalized spacial score (nSPS) is 15.7. The van der Waals surface area contributed by atoms with Crippen LogP contribution in [0, 0.1) is 5.92 Å². The van der Waals surface area contributed by atoms with E-state index in [0.717, 1.165) is 36.6 Å². The quantitative estimate of drug-likeness (QED) is 0.877. The Morgan fingerprint density at radius 1 is 1.50 bits per heavy atom. The summed E-state index contributed by atoms with van der Waals surface area (Å²) in [6.45, 7) is 3.05. The Bertz CT molecular complexity index is 376. The summed E-state index contributed by atoms with van der Waals surface area (Å²) in [7, 11) is 0. The molecule has 0 aromatic heterocycles. The topological polar surface area (TPSA) is 29.5 Å². The molecule has 0 fully saturated rings. The van der Waals surface area contributed by atoms with Gasteiger partial charge in [-0.05, 0) is 42.0 Å². The van der Waals surface area contributed by atoms with Crippen molar-refractivity contribution >= 4 is 11.6 Å². The van der Waals surface area contributed by atoms with Crippen molar-refractivity contribution < 1.29 is 9.84 Å². The number of aliphatic hydroxyl groups is 1. The zero-order chi connectivity index (χ0) is 11.5. The molecule has 1 unspecified atom stereocenters. The Hall–Kier alpha value is -0.730. The molecule has 1 aliphatic rings. The standard InChI is InChI=1S/C13H17ClO2/c1-9(8-15)2-3-10-6-12(14)7-11-4-5-16-13(10)11/h6-7,9,15H,2-5,8H2,1H3. The fourth-order valence-electron chi connectivity index (χ4n) is 2.02. The summed E-state index contributed by atoms with van der Waals surface area (Å²) in [4.78, 5) is 0. The van der Waals surface area contributed by atoms with Gasteiger partial charge >= 0.3 is 0 Å². The molecule has 2 rings (SSSR count). The average molecular weight is 241 g/mol. The van der Waals surface area contributed by atoms with Crippen molar-refractivity contribution in [1.82, 2.24) is 0 Å². The number of hydrogen-bond acceptors (Lipinski definition) is 2. The van der Waals surface area contributed by atoms with Crippen LogP contribution in [-0.2, 0) is 12.8 Å². The maximum Gasteiger partial charge on any atom is 0.125 e. The highest BCUT2D eigenvalue weighted by molar-refractivity contribution is 6.30. The van der Waals surface area contributed by atoms with Gasteiger partial charge in [-0.1, -0.05) is 18.5 Å². The van der Waals surface area contributed by atoms with Gasteiger partial charge in [-0.15, -0.1) is 0 Å². The zero-order valence-corrected chi connectivity index (χ0v) is 10.3. The lowest BCUT2D eigenvalue weighted by molar-refractivity contribution is 0.230. The van der Waals surface area contributed by atoms with E-state index in [9.17, 15) is 0 Å². The first-order chi connectivity index (χ1) is 7.70. The first-order valence-corrected chi connectivity index (χ1v) is 6.13. The van der Waals surface area contributed by atoms with E-state index in [1.54, 1.807) is 0 Å². The summed E-state index contributed by atoms with van der Waals surface area (Å²) in [6, 6.07) is 3.97. The van der Waals surface area contributed by atoms with E-state index in [0.29, 0.717) is 5.92 Å². The summed E-state index contributed by atoms with van der Waals surface area (Å²) in [5, 5.41) is 9.79. The van der Waals surface area contributed by atoms with E-state index in [1.807, 2.05) is 19.1 Å². The maximum atomic E-state index is 9.00. The van der Waals surface area contributed by atoms with Crippen LogP contribution in [-0.4, -0.2) is 18.3 Å². The Morgan fingerprint density at radius 2 is 2.31 bits per heavy atom. The van der Waals surface area contributed by atoms with Gasteiger partial charge in [-0.25, -0.2) is 0 Å². The second-order valence-electron chi connectivity index (χ2n) is 4.48. The van der Waals surface area contributed by atoms with Crippen LogP contribution in [0.25, 0.3) is 0 Å². The lowest BCUT2D eigenvalue weighted by Crippen LogP contribution is -2.03. The number of halogens is 1. The van der Waals surface area contributed by atoms with Crippen molar-refractivity contribution in [3.63, 3.8) is 0 Å². The van der Waals surface area contributed by atoms with E-state index in [4.69, 9.17) is 21.4 Å². The van der Waals surface area contributed by atoms with Gasteiger partial charge in [0, 0.05) is 18.1 Å². The predicted molar refractivity (Wildman–Crippen MR) is 65.2 cm³/mol. The molecule has 88 valence electrons. The monoisotopic (exact) mass is 240 g/mol. The third kappa shape index (κ3) is 2.50. The Morgan fingerprint density at radius 3 is 3.06 bits per heavy atom. The minimum absolute atomic E-state index is 0.240. The Kier molecular flexibility index (Phi) is 3.72. The molecule has 1 N–H and O–H groups in total. The molecule has 16 heavy (non-hydrogen) atoms. The highest BCUT2D eigenvalue weighted by atomic mass is 35.5. The molecule has 0 radical (unpaired) electrons. The summed E-state index contributed by atoms with van der Waals surface area (Å²) in [5.41, 5.74) is 2.40. The first-order valence-electron chi connectivity index (χ1n) is 5.75. The van der Waals surface area contributed by atoms with Crippen molar-refractivity contribution in [1.29, 1.82) is 0 Å². The molecule has 0 amide bonds. The number of fused-ring (bicyclic) bond motifs is 1. The number of benzene rings is 1. The van der Waals surface area contributed by atoms with Gasteiger partial charge in [0.2, 0.25) is 0 Å². The van der Waals surface area contributed by atoms with Gasteiger partial charge in [0.15, 0.2) is 0 Å². The van der Waals surface area contributed by atoms with Crippen LogP contribution in [0.3, 0.4) is 0 Å². The van der Waals surface area contributed by atoms with E-state index in [-0.39, 0.29) is 6.61 Å². The van der Waals surface area contributed by atoms with E-state index >= 15 is 0 Å². The molecule has 0 aliphatic carbocycles. The minimum atomic E-state index is 0.240. The van der Waals surface area contributed by atoms with Gasteiger partial charge in [0.1, 0.15) is 5.75 Å². The third-order valence-electron chi connectivity index (χ3n) is 3.04. The van der Waals surface area contributed by atoms with Crippen LogP contribution in [0.1, 0.15) is 24.5 Å². The smallest absolute Gasteiger partial charge is 0.125 e. The van der Waals surface area contributed by atoms with E-state index in [1.165, 1.54) is 11.1 Å². The number of aryl methyl sites for hydroxylation is 1. The molecular weight excluding hydrogens is 224 g/mol.